The van der Waals surface area contributed by atoms with Crippen molar-refractivity contribution in [2.75, 3.05) is 26.5 Å². The summed E-state index contributed by atoms with van der Waals surface area (Å²) in [6.07, 6.45) is 2.00. The van der Waals surface area contributed by atoms with Crippen molar-refractivity contribution in [1.29, 1.82) is 0 Å². The van der Waals surface area contributed by atoms with Crippen LogP contribution < -0.4 is 4.74 Å². The van der Waals surface area contributed by atoms with E-state index in [9.17, 15) is 17.6 Å². The van der Waals surface area contributed by atoms with Gasteiger partial charge in [-0.3, -0.25) is 4.79 Å². The molecule has 0 spiro atoms. The Kier molecular flexibility index (Phi) is 5.59. The number of halogens is 1. The van der Waals surface area contributed by atoms with E-state index in [1.165, 1.54) is 29.6 Å². The van der Waals surface area contributed by atoms with Crippen molar-refractivity contribution < 1.29 is 27.1 Å². The number of hydrogen-bond acceptors (Lipinski definition) is 5. The smallest absolute Gasteiger partial charge is 0.309 e. The van der Waals surface area contributed by atoms with Crippen molar-refractivity contribution in [3.8, 4) is 5.75 Å². The van der Waals surface area contributed by atoms with Crippen LogP contribution in [0.5, 0.6) is 5.75 Å². The standard InChI is InChI=1S/C15H20FNO5S/c1-21-14-4-3-13(16)9-12(14)10-22-15(18)11-5-7-17(8-6-11)23(2,19)20/h3-4,9,11H,5-8,10H2,1-2H3. The highest BCUT2D eigenvalue weighted by molar-refractivity contribution is 7.88. The molecule has 1 aliphatic rings. The normalized spacial score (nSPS) is 17.0. The molecule has 0 atom stereocenters. The maximum absolute atomic E-state index is 13.3. The van der Waals surface area contributed by atoms with E-state index in [2.05, 4.69) is 0 Å². The van der Waals surface area contributed by atoms with Gasteiger partial charge in [-0.25, -0.2) is 17.1 Å². The molecule has 0 radical (unpaired) electrons. The van der Waals surface area contributed by atoms with Gasteiger partial charge in [0.1, 0.15) is 18.2 Å². The van der Waals surface area contributed by atoms with Crippen LogP contribution in [0, 0.1) is 11.7 Å². The summed E-state index contributed by atoms with van der Waals surface area (Å²) in [5.74, 6) is -0.721. The molecule has 1 aromatic rings. The molecule has 1 saturated heterocycles. The molecule has 2 rings (SSSR count). The van der Waals surface area contributed by atoms with Crippen molar-refractivity contribution in [1.82, 2.24) is 4.31 Å². The number of piperidine rings is 1. The summed E-state index contributed by atoms with van der Waals surface area (Å²) in [4.78, 5) is 12.1. The highest BCUT2D eigenvalue weighted by Crippen LogP contribution is 2.23. The van der Waals surface area contributed by atoms with Gasteiger partial charge in [-0.15, -0.1) is 0 Å². The van der Waals surface area contributed by atoms with E-state index in [0.717, 1.165) is 6.26 Å². The van der Waals surface area contributed by atoms with Gasteiger partial charge in [-0.2, -0.15) is 0 Å². The molecule has 1 aliphatic heterocycles. The first kappa shape index (κ1) is 17.7. The Hall–Kier alpha value is -1.67. The van der Waals surface area contributed by atoms with Gasteiger partial charge in [0.25, 0.3) is 0 Å². The van der Waals surface area contributed by atoms with Gasteiger partial charge in [-0.1, -0.05) is 0 Å². The van der Waals surface area contributed by atoms with Crippen LogP contribution in [0.15, 0.2) is 18.2 Å². The lowest BCUT2D eigenvalue weighted by Crippen LogP contribution is -2.40. The van der Waals surface area contributed by atoms with Gasteiger partial charge in [0.05, 0.1) is 19.3 Å². The fraction of sp³-hybridized carbons (Fsp3) is 0.533. The fourth-order valence-electron chi connectivity index (χ4n) is 2.55. The Morgan fingerprint density at radius 2 is 2.00 bits per heavy atom. The number of ether oxygens (including phenoxy) is 2. The summed E-state index contributed by atoms with van der Waals surface area (Å²) in [7, 11) is -1.76. The third-order valence-electron chi connectivity index (χ3n) is 3.87. The highest BCUT2D eigenvalue weighted by atomic mass is 32.2. The molecule has 0 N–H and O–H groups in total. The summed E-state index contributed by atoms with van der Waals surface area (Å²) in [5, 5.41) is 0. The number of sulfonamides is 1. The van der Waals surface area contributed by atoms with E-state index >= 15 is 0 Å². The van der Waals surface area contributed by atoms with Gasteiger partial charge < -0.3 is 9.47 Å². The third kappa shape index (κ3) is 4.65. The first-order valence-corrected chi connectivity index (χ1v) is 9.10. The quantitative estimate of drug-likeness (QED) is 0.757. The summed E-state index contributed by atoms with van der Waals surface area (Å²) in [6.45, 7) is 0.538. The van der Waals surface area contributed by atoms with Crippen molar-refractivity contribution in [3.05, 3.63) is 29.6 Å². The second-order valence-electron chi connectivity index (χ2n) is 5.50. The molecule has 0 amide bonds. The van der Waals surface area contributed by atoms with Crippen LogP contribution in [0.2, 0.25) is 0 Å². The zero-order valence-corrected chi connectivity index (χ0v) is 13.9. The van der Waals surface area contributed by atoms with Crippen molar-refractivity contribution >= 4 is 16.0 Å². The lowest BCUT2D eigenvalue weighted by molar-refractivity contribution is -0.151. The number of nitrogens with zero attached hydrogens (tertiary/aromatic N) is 1. The lowest BCUT2D eigenvalue weighted by atomic mass is 9.98. The average Bonchev–Trinajstić information content (AvgIpc) is 2.52. The van der Waals surface area contributed by atoms with E-state index in [1.54, 1.807) is 0 Å². The SMILES string of the molecule is COc1ccc(F)cc1COC(=O)C1CCN(S(C)(=O)=O)CC1. The van der Waals surface area contributed by atoms with Crippen LogP contribution in [-0.2, 0) is 26.2 Å². The Labute approximate surface area is 135 Å². The first-order chi connectivity index (χ1) is 10.8. The van der Waals surface area contributed by atoms with Crippen LogP contribution >= 0.6 is 0 Å². The van der Waals surface area contributed by atoms with E-state index in [4.69, 9.17) is 9.47 Å². The molecule has 0 bridgehead atoms. The fourth-order valence-corrected chi connectivity index (χ4v) is 3.42. The molecule has 1 fully saturated rings. The molecular formula is C15H20FNO5S. The molecule has 0 aromatic heterocycles. The van der Waals surface area contributed by atoms with Crippen LogP contribution in [-0.4, -0.2) is 45.1 Å². The van der Waals surface area contributed by atoms with Crippen LogP contribution in [0.4, 0.5) is 4.39 Å². The molecule has 128 valence electrons. The predicted molar refractivity (Wildman–Crippen MR) is 81.9 cm³/mol. The maximum Gasteiger partial charge on any atom is 0.309 e. The second kappa shape index (κ2) is 7.27. The Balaban J connectivity index is 1.90. The zero-order valence-electron chi connectivity index (χ0n) is 13.1. The molecule has 0 aliphatic carbocycles. The number of carbonyl (C=O) groups excluding carboxylic acids is 1. The first-order valence-electron chi connectivity index (χ1n) is 7.25. The Bertz CT molecular complexity index is 668. The number of benzene rings is 1. The van der Waals surface area contributed by atoms with E-state index in [-0.39, 0.29) is 12.5 Å². The van der Waals surface area contributed by atoms with Gasteiger partial charge >= 0.3 is 5.97 Å². The summed E-state index contributed by atoms with van der Waals surface area (Å²) < 4.78 is 47.8. The molecule has 8 heteroatoms. The highest BCUT2D eigenvalue weighted by Gasteiger charge is 2.29. The van der Waals surface area contributed by atoms with Crippen molar-refractivity contribution in [2.24, 2.45) is 5.92 Å². The average molecular weight is 345 g/mol. The molecule has 1 heterocycles. The monoisotopic (exact) mass is 345 g/mol. The van der Waals surface area contributed by atoms with E-state index < -0.39 is 21.8 Å². The largest absolute Gasteiger partial charge is 0.496 e. The maximum atomic E-state index is 13.3. The minimum Gasteiger partial charge on any atom is -0.496 e. The van der Waals surface area contributed by atoms with Gasteiger partial charge in [-0.05, 0) is 31.0 Å². The molecular weight excluding hydrogens is 325 g/mol. The van der Waals surface area contributed by atoms with Crippen molar-refractivity contribution in [3.63, 3.8) is 0 Å². The van der Waals surface area contributed by atoms with Gasteiger partial charge in [0.15, 0.2) is 0 Å². The van der Waals surface area contributed by atoms with E-state index in [1.807, 2.05) is 0 Å². The molecule has 1 aromatic carbocycles. The van der Waals surface area contributed by atoms with Crippen LogP contribution in [0.25, 0.3) is 0 Å². The van der Waals surface area contributed by atoms with Crippen molar-refractivity contribution in [2.45, 2.75) is 19.4 Å². The lowest BCUT2D eigenvalue weighted by Gasteiger charge is -2.28. The minimum absolute atomic E-state index is 0.0773. The molecule has 0 unspecified atom stereocenters. The Morgan fingerprint density at radius 1 is 1.35 bits per heavy atom. The number of methoxy groups -OCH3 is 1. The summed E-state index contributed by atoms with van der Waals surface area (Å²) in [6, 6.07) is 4.01. The van der Waals surface area contributed by atoms with Gasteiger partial charge in [0.2, 0.25) is 10.0 Å². The molecule has 6 nitrogen and oxygen atoms in total. The zero-order chi connectivity index (χ0) is 17.0. The summed E-state index contributed by atoms with van der Waals surface area (Å²) >= 11 is 0. The third-order valence-corrected chi connectivity index (χ3v) is 5.17. The topological polar surface area (TPSA) is 72.9 Å². The van der Waals surface area contributed by atoms with Gasteiger partial charge in [0, 0.05) is 18.7 Å². The Morgan fingerprint density at radius 3 is 2.57 bits per heavy atom. The van der Waals surface area contributed by atoms with Crippen LogP contribution in [0.3, 0.4) is 0 Å². The number of rotatable bonds is 5. The number of hydrogen-bond donors (Lipinski definition) is 0. The predicted octanol–water partition coefficient (Wildman–Crippen LogP) is 1.55. The minimum atomic E-state index is -3.22. The molecule has 0 saturated carbocycles. The summed E-state index contributed by atoms with van der Waals surface area (Å²) in [5.41, 5.74) is 0.453. The van der Waals surface area contributed by atoms with Crippen LogP contribution in [0.1, 0.15) is 18.4 Å². The second-order valence-corrected chi connectivity index (χ2v) is 7.48. The van der Waals surface area contributed by atoms with E-state index in [0.29, 0.717) is 37.2 Å². The number of carbonyl (C=O) groups is 1. The molecule has 23 heavy (non-hydrogen) atoms. The number of esters is 1.